The van der Waals surface area contributed by atoms with Gasteiger partial charge in [0.15, 0.2) is 5.96 Å². The van der Waals surface area contributed by atoms with Crippen molar-refractivity contribution < 1.29 is 0 Å². The Balaban J connectivity index is 2.05. The SMILES string of the molecule is CN(C)c1ccc(N=C(N)Nc2ccc(N(C)C)cc2)cc1. The zero-order valence-electron chi connectivity index (χ0n) is 13.5. The number of guanidine groups is 1. The highest BCUT2D eigenvalue weighted by atomic mass is 15.1. The van der Waals surface area contributed by atoms with Crippen LogP contribution < -0.4 is 20.9 Å². The Bertz CT molecular complexity index is 627. The van der Waals surface area contributed by atoms with Crippen molar-refractivity contribution in [1.82, 2.24) is 0 Å². The van der Waals surface area contributed by atoms with Gasteiger partial charge in [0.05, 0.1) is 5.69 Å². The lowest BCUT2D eigenvalue weighted by molar-refractivity contribution is 1.13. The quantitative estimate of drug-likeness (QED) is 0.673. The van der Waals surface area contributed by atoms with Gasteiger partial charge >= 0.3 is 0 Å². The lowest BCUT2D eigenvalue weighted by Crippen LogP contribution is -2.22. The normalized spacial score (nSPS) is 11.2. The van der Waals surface area contributed by atoms with Crippen LogP contribution in [0.15, 0.2) is 53.5 Å². The molecule has 5 nitrogen and oxygen atoms in total. The molecule has 0 saturated heterocycles. The van der Waals surface area contributed by atoms with Gasteiger partial charge in [0.2, 0.25) is 0 Å². The molecular weight excluding hydrogens is 274 g/mol. The summed E-state index contributed by atoms with van der Waals surface area (Å²) in [5.41, 5.74) is 9.95. The predicted octanol–water partition coefficient (Wildman–Crippen LogP) is 2.88. The number of nitrogens with one attached hydrogen (secondary N) is 1. The monoisotopic (exact) mass is 297 g/mol. The molecule has 0 heterocycles. The molecule has 0 aliphatic rings. The van der Waals surface area contributed by atoms with Crippen molar-refractivity contribution in [2.24, 2.45) is 10.7 Å². The molecule has 0 amide bonds. The average molecular weight is 297 g/mol. The number of hydrogen-bond donors (Lipinski definition) is 2. The molecule has 0 unspecified atom stereocenters. The van der Waals surface area contributed by atoms with E-state index in [9.17, 15) is 0 Å². The van der Waals surface area contributed by atoms with Crippen molar-refractivity contribution in [2.75, 3.05) is 43.3 Å². The second-order valence-electron chi connectivity index (χ2n) is 5.47. The summed E-state index contributed by atoms with van der Waals surface area (Å²) < 4.78 is 0. The van der Waals surface area contributed by atoms with Crippen molar-refractivity contribution in [1.29, 1.82) is 0 Å². The summed E-state index contributed by atoms with van der Waals surface area (Å²) in [6.45, 7) is 0. The number of nitrogens with two attached hydrogens (primary N) is 1. The highest BCUT2D eigenvalue weighted by Gasteiger charge is 1.99. The van der Waals surface area contributed by atoms with Gasteiger partial charge in [-0.05, 0) is 48.5 Å². The number of nitrogens with zero attached hydrogens (tertiary/aromatic N) is 3. The van der Waals surface area contributed by atoms with Crippen LogP contribution in [0.3, 0.4) is 0 Å². The van der Waals surface area contributed by atoms with Gasteiger partial charge in [0.25, 0.3) is 0 Å². The van der Waals surface area contributed by atoms with Crippen LogP contribution in [0.2, 0.25) is 0 Å². The molecule has 0 saturated carbocycles. The van der Waals surface area contributed by atoms with E-state index in [1.807, 2.05) is 86.5 Å². The average Bonchev–Trinajstić information content (AvgIpc) is 2.48. The molecule has 22 heavy (non-hydrogen) atoms. The van der Waals surface area contributed by atoms with Crippen molar-refractivity contribution >= 4 is 28.7 Å². The predicted molar refractivity (Wildman–Crippen MR) is 96.4 cm³/mol. The molecule has 0 aliphatic heterocycles. The first-order valence-electron chi connectivity index (χ1n) is 7.11. The standard InChI is InChI=1S/C17H23N5/c1-21(2)15-9-5-13(6-10-15)19-17(18)20-14-7-11-16(12-8-14)22(3)4/h5-12H,1-4H3,(H3,18,19,20). The smallest absolute Gasteiger partial charge is 0.198 e. The molecule has 2 rings (SSSR count). The summed E-state index contributed by atoms with van der Waals surface area (Å²) in [6.07, 6.45) is 0. The Kier molecular flexibility index (Phi) is 4.88. The Hall–Kier alpha value is -2.69. The number of aliphatic imine (C=N–C) groups is 1. The molecule has 0 aliphatic carbocycles. The van der Waals surface area contributed by atoms with Gasteiger partial charge in [-0.1, -0.05) is 0 Å². The Morgan fingerprint density at radius 3 is 1.73 bits per heavy atom. The van der Waals surface area contributed by atoms with Gasteiger partial charge in [-0.25, -0.2) is 4.99 Å². The fourth-order valence-corrected chi connectivity index (χ4v) is 1.98. The first kappa shape index (κ1) is 15.7. The van der Waals surface area contributed by atoms with E-state index >= 15 is 0 Å². The lowest BCUT2D eigenvalue weighted by atomic mass is 10.2. The van der Waals surface area contributed by atoms with Crippen LogP contribution in [0.1, 0.15) is 0 Å². The third-order valence-corrected chi connectivity index (χ3v) is 3.27. The van der Waals surface area contributed by atoms with E-state index in [2.05, 4.69) is 10.3 Å². The molecule has 0 atom stereocenters. The van der Waals surface area contributed by atoms with Crippen LogP contribution in [0, 0.1) is 0 Å². The van der Waals surface area contributed by atoms with E-state index in [0.29, 0.717) is 5.96 Å². The van der Waals surface area contributed by atoms with Gasteiger partial charge in [-0.3, -0.25) is 0 Å². The Labute approximate surface area is 132 Å². The molecule has 3 N–H and O–H groups in total. The number of benzene rings is 2. The van der Waals surface area contributed by atoms with E-state index in [1.165, 1.54) is 0 Å². The molecule has 0 aromatic heterocycles. The topological polar surface area (TPSA) is 56.9 Å². The van der Waals surface area contributed by atoms with Crippen molar-refractivity contribution in [3.8, 4) is 0 Å². The van der Waals surface area contributed by atoms with Crippen molar-refractivity contribution in [3.05, 3.63) is 48.5 Å². The van der Waals surface area contributed by atoms with E-state index in [-0.39, 0.29) is 0 Å². The highest BCUT2D eigenvalue weighted by Crippen LogP contribution is 2.19. The molecule has 0 radical (unpaired) electrons. The maximum Gasteiger partial charge on any atom is 0.198 e. The van der Waals surface area contributed by atoms with Crippen LogP contribution in [-0.2, 0) is 0 Å². The molecular formula is C17H23N5. The molecule has 116 valence electrons. The second kappa shape index (κ2) is 6.85. The first-order valence-corrected chi connectivity index (χ1v) is 7.11. The number of rotatable bonds is 4. The van der Waals surface area contributed by atoms with Gasteiger partial charge in [0, 0.05) is 45.3 Å². The summed E-state index contributed by atoms with van der Waals surface area (Å²) in [6, 6.07) is 15.9. The molecule has 5 heteroatoms. The van der Waals surface area contributed by atoms with Crippen molar-refractivity contribution in [3.63, 3.8) is 0 Å². The van der Waals surface area contributed by atoms with Crippen LogP contribution in [0.25, 0.3) is 0 Å². The maximum absolute atomic E-state index is 5.95. The van der Waals surface area contributed by atoms with Crippen LogP contribution in [0.4, 0.5) is 22.7 Å². The molecule has 0 fully saturated rings. The summed E-state index contributed by atoms with van der Waals surface area (Å²) in [7, 11) is 8.03. The minimum atomic E-state index is 0.371. The second-order valence-corrected chi connectivity index (χ2v) is 5.47. The van der Waals surface area contributed by atoms with E-state index < -0.39 is 0 Å². The number of hydrogen-bond acceptors (Lipinski definition) is 3. The maximum atomic E-state index is 5.95. The third kappa shape index (κ3) is 4.15. The molecule has 0 bridgehead atoms. The minimum absolute atomic E-state index is 0.371. The zero-order chi connectivity index (χ0) is 16.1. The Morgan fingerprint density at radius 2 is 1.27 bits per heavy atom. The van der Waals surface area contributed by atoms with E-state index in [1.54, 1.807) is 0 Å². The van der Waals surface area contributed by atoms with Gasteiger partial charge in [0.1, 0.15) is 0 Å². The zero-order valence-corrected chi connectivity index (χ0v) is 13.5. The molecule has 2 aromatic carbocycles. The first-order chi connectivity index (χ1) is 10.5. The lowest BCUT2D eigenvalue weighted by Gasteiger charge is -2.13. The Morgan fingerprint density at radius 1 is 0.818 bits per heavy atom. The third-order valence-electron chi connectivity index (χ3n) is 3.27. The molecule has 2 aromatic rings. The summed E-state index contributed by atoms with van der Waals surface area (Å²) in [5, 5.41) is 3.09. The van der Waals surface area contributed by atoms with Gasteiger partial charge in [-0.2, -0.15) is 0 Å². The highest BCUT2D eigenvalue weighted by molar-refractivity contribution is 5.94. The fraction of sp³-hybridized carbons (Fsp3) is 0.235. The van der Waals surface area contributed by atoms with Gasteiger partial charge in [-0.15, -0.1) is 0 Å². The fourth-order valence-electron chi connectivity index (χ4n) is 1.98. The van der Waals surface area contributed by atoms with E-state index in [4.69, 9.17) is 5.73 Å². The van der Waals surface area contributed by atoms with Crippen LogP contribution in [-0.4, -0.2) is 34.2 Å². The van der Waals surface area contributed by atoms with Gasteiger partial charge < -0.3 is 20.9 Å². The minimum Gasteiger partial charge on any atom is -0.378 e. The summed E-state index contributed by atoms with van der Waals surface area (Å²) in [4.78, 5) is 8.46. The van der Waals surface area contributed by atoms with Crippen LogP contribution in [0.5, 0.6) is 0 Å². The van der Waals surface area contributed by atoms with Crippen molar-refractivity contribution in [2.45, 2.75) is 0 Å². The van der Waals surface area contributed by atoms with E-state index in [0.717, 1.165) is 22.7 Å². The van der Waals surface area contributed by atoms with Crippen LogP contribution >= 0.6 is 0 Å². The summed E-state index contributed by atoms with van der Waals surface area (Å²) >= 11 is 0. The summed E-state index contributed by atoms with van der Waals surface area (Å²) in [5.74, 6) is 0.371. The molecule has 0 spiro atoms. The number of anilines is 3. The largest absolute Gasteiger partial charge is 0.378 e.